The van der Waals surface area contributed by atoms with Crippen molar-refractivity contribution in [2.45, 2.75) is 18.9 Å². The summed E-state index contributed by atoms with van der Waals surface area (Å²) in [5.74, 6) is 0.442. The fourth-order valence-corrected chi connectivity index (χ4v) is 2.72. The van der Waals surface area contributed by atoms with E-state index in [4.69, 9.17) is 4.74 Å². The average Bonchev–Trinajstić information content (AvgIpc) is 3.31. The van der Waals surface area contributed by atoms with Gasteiger partial charge in [-0.3, -0.25) is 9.69 Å². The molecule has 0 bridgehead atoms. The third-order valence-electron chi connectivity index (χ3n) is 4.10. The molecule has 108 valence electrons. The summed E-state index contributed by atoms with van der Waals surface area (Å²) in [6.45, 7) is 3.35. The van der Waals surface area contributed by atoms with E-state index < -0.39 is 0 Å². The molecule has 1 heterocycles. The van der Waals surface area contributed by atoms with Crippen LogP contribution < -0.4 is 4.74 Å². The lowest BCUT2D eigenvalue weighted by Gasteiger charge is -2.34. The van der Waals surface area contributed by atoms with Crippen molar-refractivity contribution in [2.75, 3.05) is 33.3 Å². The quantitative estimate of drug-likeness (QED) is 0.904. The van der Waals surface area contributed by atoms with Crippen LogP contribution in [-0.2, 0) is 0 Å². The summed E-state index contributed by atoms with van der Waals surface area (Å²) in [4.78, 5) is 16.7. The lowest BCUT2D eigenvalue weighted by Crippen LogP contribution is -2.49. The zero-order valence-electron chi connectivity index (χ0n) is 11.7. The van der Waals surface area contributed by atoms with Crippen LogP contribution in [0.25, 0.3) is 0 Å². The highest BCUT2D eigenvalue weighted by atomic mass is 16.5. The van der Waals surface area contributed by atoms with E-state index >= 15 is 0 Å². The van der Waals surface area contributed by atoms with E-state index in [0.29, 0.717) is 11.3 Å². The number of phenolic OH excluding ortho intramolecular Hbond substituents is 1. The maximum atomic E-state index is 12.4. The molecule has 1 aromatic rings. The number of benzene rings is 1. The van der Waals surface area contributed by atoms with Crippen molar-refractivity contribution >= 4 is 5.91 Å². The molecule has 1 aliphatic carbocycles. The second-order valence-electron chi connectivity index (χ2n) is 5.44. The lowest BCUT2D eigenvalue weighted by atomic mass is 10.1. The van der Waals surface area contributed by atoms with Gasteiger partial charge in [0.15, 0.2) is 0 Å². The van der Waals surface area contributed by atoms with E-state index in [-0.39, 0.29) is 11.7 Å². The van der Waals surface area contributed by atoms with Crippen molar-refractivity contribution in [2.24, 2.45) is 0 Å². The molecular weight excluding hydrogens is 256 g/mol. The molecule has 2 aliphatic rings. The Morgan fingerprint density at radius 1 is 1.25 bits per heavy atom. The van der Waals surface area contributed by atoms with Crippen LogP contribution in [0.5, 0.6) is 11.5 Å². The molecule has 1 amide bonds. The van der Waals surface area contributed by atoms with Gasteiger partial charge in [0.1, 0.15) is 11.5 Å². The minimum Gasteiger partial charge on any atom is -0.507 e. The van der Waals surface area contributed by atoms with Gasteiger partial charge in [0, 0.05) is 38.3 Å². The van der Waals surface area contributed by atoms with E-state index in [1.165, 1.54) is 26.0 Å². The van der Waals surface area contributed by atoms with Gasteiger partial charge in [-0.05, 0) is 25.0 Å². The normalized spacial score (nSPS) is 19.9. The molecule has 0 unspecified atom stereocenters. The van der Waals surface area contributed by atoms with Gasteiger partial charge in [-0.25, -0.2) is 0 Å². The number of rotatable bonds is 3. The monoisotopic (exact) mass is 276 g/mol. The van der Waals surface area contributed by atoms with Crippen LogP contribution in [0.2, 0.25) is 0 Å². The van der Waals surface area contributed by atoms with Crippen LogP contribution in [-0.4, -0.2) is 60.1 Å². The number of hydrogen-bond donors (Lipinski definition) is 1. The summed E-state index contributed by atoms with van der Waals surface area (Å²) >= 11 is 0. The fourth-order valence-electron chi connectivity index (χ4n) is 2.72. The molecule has 1 aliphatic heterocycles. The van der Waals surface area contributed by atoms with Crippen LogP contribution in [0.15, 0.2) is 18.2 Å². The first-order chi connectivity index (χ1) is 9.69. The number of nitrogens with zero attached hydrogens (tertiary/aromatic N) is 2. The molecule has 2 fully saturated rings. The highest BCUT2D eigenvalue weighted by Crippen LogP contribution is 2.29. The van der Waals surface area contributed by atoms with Crippen molar-refractivity contribution in [1.82, 2.24) is 9.80 Å². The SMILES string of the molecule is COc1ccc(C(=O)N2CCN(C3CC3)CC2)c(O)c1. The second kappa shape index (κ2) is 5.32. The Bertz CT molecular complexity index is 506. The number of ether oxygens (including phenoxy) is 1. The van der Waals surface area contributed by atoms with Gasteiger partial charge in [-0.15, -0.1) is 0 Å². The molecule has 1 saturated heterocycles. The van der Waals surface area contributed by atoms with E-state index in [0.717, 1.165) is 32.2 Å². The van der Waals surface area contributed by atoms with Gasteiger partial charge in [-0.1, -0.05) is 0 Å². The largest absolute Gasteiger partial charge is 0.507 e. The van der Waals surface area contributed by atoms with Gasteiger partial charge in [-0.2, -0.15) is 0 Å². The predicted octanol–water partition coefficient (Wildman–Crippen LogP) is 1.32. The number of aromatic hydroxyl groups is 1. The van der Waals surface area contributed by atoms with Crippen LogP contribution >= 0.6 is 0 Å². The highest BCUT2D eigenvalue weighted by Gasteiger charge is 2.32. The van der Waals surface area contributed by atoms with Crippen molar-refractivity contribution < 1.29 is 14.6 Å². The van der Waals surface area contributed by atoms with Crippen LogP contribution in [0.3, 0.4) is 0 Å². The van der Waals surface area contributed by atoms with Gasteiger partial charge in [0.2, 0.25) is 0 Å². The molecule has 0 atom stereocenters. The predicted molar refractivity (Wildman–Crippen MR) is 75.2 cm³/mol. The first-order valence-electron chi connectivity index (χ1n) is 7.09. The number of amides is 1. The Hall–Kier alpha value is -1.75. The zero-order valence-corrected chi connectivity index (χ0v) is 11.7. The molecular formula is C15H20N2O3. The lowest BCUT2D eigenvalue weighted by molar-refractivity contribution is 0.0624. The van der Waals surface area contributed by atoms with Crippen molar-refractivity contribution in [3.8, 4) is 11.5 Å². The Morgan fingerprint density at radius 2 is 1.95 bits per heavy atom. The maximum absolute atomic E-state index is 12.4. The molecule has 1 N–H and O–H groups in total. The van der Waals surface area contributed by atoms with Gasteiger partial charge < -0.3 is 14.7 Å². The summed E-state index contributed by atoms with van der Waals surface area (Å²) in [6.07, 6.45) is 2.60. The summed E-state index contributed by atoms with van der Waals surface area (Å²) in [6, 6.07) is 5.56. The molecule has 0 radical (unpaired) electrons. The smallest absolute Gasteiger partial charge is 0.257 e. The Morgan fingerprint density at radius 3 is 2.50 bits per heavy atom. The molecule has 3 rings (SSSR count). The van der Waals surface area contributed by atoms with Gasteiger partial charge in [0.05, 0.1) is 12.7 Å². The number of carbonyl (C=O) groups is 1. The zero-order chi connectivity index (χ0) is 14.1. The third-order valence-corrected chi connectivity index (χ3v) is 4.10. The Balaban J connectivity index is 1.66. The summed E-state index contributed by atoms with van der Waals surface area (Å²) < 4.78 is 5.03. The first-order valence-corrected chi connectivity index (χ1v) is 7.09. The van der Waals surface area contributed by atoms with Crippen LogP contribution in [0, 0.1) is 0 Å². The molecule has 0 aromatic heterocycles. The van der Waals surface area contributed by atoms with E-state index in [2.05, 4.69) is 4.90 Å². The fraction of sp³-hybridized carbons (Fsp3) is 0.533. The average molecular weight is 276 g/mol. The van der Waals surface area contributed by atoms with Crippen LogP contribution in [0.4, 0.5) is 0 Å². The number of carbonyl (C=O) groups excluding carboxylic acids is 1. The Labute approximate surface area is 118 Å². The molecule has 20 heavy (non-hydrogen) atoms. The minimum absolute atomic E-state index is 0.0148. The van der Waals surface area contributed by atoms with Crippen molar-refractivity contribution in [3.63, 3.8) is 0 Å². The van der Waals surface area contributed by atoms with Gasteiger partial charge >= 0.3 is 0 Å². The number of piperazine rings is 1. The summed E-state index contributed by atoms with van der Waals surface area (Å²) in [7, 11) is 1.54. The molecule has 1 saturated carbocycles. The number of phenols is 1. The van der Waals surface area contributed by atoms with Crippen molar-refractivity contribution in [3.05, 3.63) is 23.8 Å². The molecule has 0 spiro atoms. The molecule has 5 nitrogen and oxygen atoms in total. The third kappa shape index (κ3) is 2.58. The Kier molecular flexibility index (Phi) is 3.53. The number of methoxy groups -OCH3 is 1. The summed E-state index contributed by atoms with van der Waals surface area (Å²) in [5.41, 5.74) is 0.352. The second-order valence-corrected chi connectivity index (χ2v) is 5.44. The standard InChI is InChI=1S/C15H20N2O3/c1-20-12-4-5-13(14(18)10-12)15(19)17-8-6-16(7-9-17)11-2-3-11/h4-5,10-11,18H,2-3,6-9H2,1H3. The first kappa shape index (κ1) is 13.2. The van der Waals surface area contributed by atoms with E-state index in [9.17, 15) is 9.90 Å². The van der Waals surface area contributed by atoms with Crippen LogP contribution in [0.1, 0.15) is 23.2 Å². The van der Waals surface area contributed by atoms with E-state index in [1.807, 2.05) is 4.90 Å². The topological polar surface area (TPSA) is 53.0 Å². The molecule has 5 heteroatoms. The maximum Gasteiger partial charge on any atom is 0.257 e. The minimum atomic E-state index is -0.0967. The molecule has 1 aromatic carbocycles. The van der Waals surface area contributed by atoms with Crippen molar-refractivity contribution in [1.29, 1.82) is 0 Å². The number of hydrogen-bond acceptors (Lipinski definition) is 4. The highest BCUT2D eigenvalue weighted by molar-refractivity contribution is 5.97. The van der Waals surface area contributed by atoms with E-state index in [1.54, 1.807) is 12.1 Å². The summed E-state index contributed by atoms with van der Waals surface area (Å²) in [5, 5.41) is 9.94. The van der Waals surface area contributed by atoms with Gasteiger partial charge in [0.25, 0.3) is 5.91 Å².